The molecule has 7 heteroatoms. The third-order valence-electron chi connectivity index (χ3n) is 5.83. The summed E-state index contributed by atoms with van der Waals surface area (Å²) in [7, 11) is 0. The van der Waals surface area contributed by atoms with Crippen LogP contribution in [0.3, 0.4) is 0 Å². The molecule has 0 saturated heterocycles. The van der Waals surface area contributed by atoms with E-state index in [1.807, 2.05) is 0 Å². The number of unbranched alkanes of at least 4 members (excludes halogenated alkanes) is 2. The predicted molar refractivity (Wildman–Crippen MR) is 115 cm³/mol. The molecular weight excluding hydrogens is 382 g/mol. The molecule has 0 radical (unpaired) electrons. The van der Waals surface area contributed by atoms with Crippen LogP contribution >= 0.6 is 0 Å². The van der Waals surface area contributed by atoms with Gasteiger partial charge in [0.05, 0.1) is 5.39 Å². The van der Waals surface area contributed by atoms with Gasteiger partial charge in [-0.15, -0.1) is 0 Å². The SMILES string of the molecule is CCCCCn1nc(C(=O)OCC(=O)N[C@@H]2CCCC[C@H]2C)c2ccccc2c1=O. The van der Waals surface area contributed by atoms with Gasteiger partial charge >= 0.3 is 5.97 Å². The molecule has 7 nitrogen and oxygen atoms in total. The fourth-order valence-corrected chi connectivity index (χ4v) is 4.03. The molecule has 1 fully saturated rings. The Morgan fingerprint density at radius 2 is 1.90 bits per heavy atom. The quantitative estimate of drug-likeness (QED) is 0.529. The number of carbonyl (C=O) groups is 2. The molecule has 30 heavy (non-hydrogen) atoms. The highest BCUT2D eigenvalue weighted by Gasteiger charge is 2.24. The maximum absolute atomic E-state index is 12.7. The minimum absolute atomic E-state index is 0.0699. The van der Waals surface area contributed by atoms with Gasteiger partial charge in [0.25, 0.3) is 11.5 Å². The molecule has 0 bridgehead atoms. The number of benzene rings is 1. The fraction of sp³-hybridized carbons (Fsp3) is 0.565. The zero-order valence-electron chi connectivity index (χ0n) is 17.9. The van der Waals surface area contributed by atoms with E-state index in [0.717, 1.165) is 38.5 Å². The Morgan fingerprint density at radius 3 is 2.63 bits per heavy atom. The van der Waals surface area contributed by atoms with E-state index in [1.165, 1.54) is 11.1 Å². The third kappa shape index (κ3) is 5.26. The van der Waals surface area contributed by atoms with Crippen molar-refractivity contribution in [2.45, 2.75) is 71.4 Å². The molecule has 0 unspecified atom stereocenters. The number of ether oxygens (including phenoxy) is 1. The number of hydrogen-bond acceptors (Lipinski definition) is 5. The van der Waals surface area contributed by atoms with Gasteiger partial charge in [-0.2, -0.15) is 5.10 Å². The molecule has 1 heterocycles. The molecule has 1 aromatic heterocycles. The van der Waals surface area contributed by atoms with E-state index in [2.05, 4.69) is 24.3 Å². The van der Waals surface area contributed by atoms with Crippen molar-refractivity contribution in [3.05, 3.63) is 40.3 Å². The number of carbonyl (C=O) groups excluding carboxylic acids is 2. The number of nitrogens with zero attached hydrogens (tertiary/aromatic N) is 2. The van der Waals surface area contributed by atoms with Gasteiger partial charge in [0, 0.05) is 18.0 Å². The van der Waals surface area contributed by atoms with E-state index in [0.29, 0.717) is 23.2 Å². The van der Waals surface area contributed by atoms with E-state index in [-0.39, 0.29) is 29.8 Å². The molecule has 2 atom stereocenters. The van der Waals surface area contributed by atoms with Crippen LogP contribution in [0.15, 0.2) is 29.1 Å². The highest BCUT2D eigenvalue weighted by atomic mass is 16.5. The summed E-state index contributed by atoms with van der Waals surface area (Å²) in [4.78, 5) is 37.7. The summed E-state index contributed by atoms with van der Waals surface area (Å²) in [6, 6.07) is 7.00. The van der Waals surface area contributed by atoms with E-state index in [9.17, 15) is 14.4 Å². The fourth-order valence-electron chi connectivity index (χ4n) is 4.03. The first-order valence-electron chi connectivity index (χ1n) is 11.0. The summed E-state index contributed by atoms with van der Waals surface area (Å²) in [6.07, 6.45) is 7.14. The first-order chi connectivity index (χ1) is 14.5. The van der Waals surface area contributed by atoms with E-state index < -0.39 is 5.97 Å². The van der Waals surface area contributed by atoms with Gasteiger partial charge in [0.1, 0.15) is 0 Å². The van der Waals surface area contributed by atoms with Crippen molar-refractivity contribution in [3.63, 3.8) is 0 Å². The molecule has 1 aromatic carbocycles. The van der Waals surface area contributed by atoms with Crippen LogP contribution in [0.1, 0.15) is 69.3 Å². The smallest absolute Gasteiger partial charge is 0.359 e. The summed E-state index contributed by atoms with van der Waals surface area (Å²) in [6.45, 7) is 4.30. The van der Waals surface area contributed by atoms with Crippen LogP contribution in [0.5, 0.6) is 0 Å². The van der Waals surface area contributed by atoms with Crippen molar-refractivity contribution in [1.29, 1.82) is 0 Å². The highest BCUT2D eigenvalue weighted by Crippen LogP contribution is 2.23. The van der Waals surface area contributed by atoms with Crippen LogP contribution < -0.4 is 10.9 Å². The topological polar surface area (TPSA) is 90.3 Å². The van der Waals surface area contributed by atoms with Gasteiger partial charge in [-0.25, -0.2) is 9.48 Å². The second-order valence-electron chi connectivity index (χ2n) is 8.14. The zero-order valence-corrected chi connectivity index (χ0v) is 17.9. The van der Waals surface area contributed by atoms with E-state index in [4.69, 9.17) is 4.74 Å². The van der Waals surface area contributed by atoms with Gasteiger partial charge in [0.2, 0.25) is 0 Å². The number of amides is 1. The Labute approximate surface area is 176 Å². The number of nitrogens with one attached hydrogen (secondary N) is 1. The Balaban J connectivity index is 1.72. The largest absolute Gasteiger partial charge is 0.451 e. The monoisotopic (exact) mass is 413 g/mol. The van der Waals surface area contributed by atoms with Crippen molar-refractivity contribution in [1.82, 2.24) is 15.1 Å². The number of aromatic nitrogens is 2. The average Bonchev–Trinajstić information content (AvgIpc) is 2.75. The van der Waals surface area contributed by atoms with Crippen LogP contribution in [-0.4, -0.2) is 34.3 Å². The van der Waals surface area contributed by atoms with Crippen LogP contribution in [-0.2, 0) is 16.1 Å². The number of esters is 1. The standard InChI is InChI=1S/C23H31N3O4/c1-3-4-9-14-26-22(28)18-12-7-6-11-17(18)21(25-26)23(29)30-15-20(27)24-19-13-8-5-10-16(19)2/h6-7,11-12,16,19H,3-5,8-10,13-15H2,1-2H3,(H,24,27)/t16-,19-/m1/s1. The molecule has 1 N–H and O–H groups in total. The van der Waals surface area contributed by atoms with Crippen molar-refractivity contribution >= 4 is 22.6 Å². The molecule has 162 valence electrons. The van der Waals surface area contributed by atoms with Crippen molar-refractivity contribution in [2.75, 3.05) is 6.61 Å². The second-order valence-corrected chi connectivity index (χ2v) is 8.14. The van der Waals surface area contributed by atoms with Crippen LogP contribution in [0.2, 0.25) is 0 Å². The van der Waals surface area contributed by atoms with Crippen molar-refractivity contribution in [3.8, 4) is 0 Å². The van der Waals surface area contributed by atoms with Gasteiger partial charge in [-0.3, -0.25) is 9.59 Å². The summed E-state index contributed by atoms with van der Waals surface area (Å²) in [5.74, 6) is -0.569. The summed E-state index contributed by atoms with van der Waals surface area (Å²) in [5.41, 5.74) is -0.150. The van der Waals surface area contributed by atoms with Crippen molar-refractivity contribution < 1.29 is 14.3 Å². The molecule has 1 aliphatic rings. The number of hydrogen-bond donors (Lipinski definition) is 1. The first-order valence-corrected chi connectivity index (χ1v) is 11.0. The minimum Gasteiger partial charge on any atom is -0.451 e. The van der Waals surface area contributed by atoms with Gasteiger partial charge in [-0.1, -0.05) is 57.7 Å². The summed E-state index contributed by atoms with van der Waals surface area (Å²) in [5, 5.41) is 8.12. The van der Waals surface area contributed by atoms with E-state index >= 15 is 0 Å². The van der Waals surface area contributed by atoms with Crippen molar-refractivity contribution in [2.24, 2.45) is 5.92 Å². The number of fused-ring (bicyclic) bond motifs is 1. The predicted octanol–water partition coefficient (Wildman–Crippen LogP) is 3.44. The molecule has 3 rings (SSSR count). The Morgan fingerprint density at radius 1 is 1.17 bits per heavy atom. The Bertz CT molecular complexity index is 953. The molecule has 2 aromatic rings. The normalized spacial score (nSPS) is 18.9. The Hall–Kier alpha value is -2.70. The molecular formula is C23H31N3O4. The van der Waals surface area contributed by atoms with Gasteiger partial charge in [0.15, 0.2) is 12.3 Å². The van der Waals surface area contributed by atoms with Gasteiger partial charge in [-0.05, 0) is 31.2 Å². The van der Waals surface area contributed by atoms with Crippen LogP contribution in [0, 0.1) is 5.92 Å². The van der Waals surface area contributed by atoms with Gasteiger partial charge < -0.3 is 10.1 Å². The minimum atomic E-state index is -0.692. The molecule has 0 aliphatic heterocycles. The molecule has 1 amide bonds. The van der Waals surface area contributed by atoms with Crippen LogP contribution in [0.25, 0.3) is 10.8 Å². The lowest BCUT2D eigenvalue weighted by molar-refractivity contribution is -0.125. The Kier molecular flexibility index (Phi) is 7.60. The first kappa shape index (κ1) is 22.0. The van der Waals surface area contributed by atoms with E-state index in [1.54, 1.807) is 24.3 Å². The second kappa shape index (κ2) is 10.4. The summed E-state index contributed by atoms with van der Waals surface area (Å²) >= 11 is 0. The lowest BCUT2D eigenvalue weighted by Crippen LogP contribution is -2.43. The molecule has 1 saturated carbocycles. The number of rotatable bonds is 8. The zero-order chi connectivity index (χ0) is 21.5. The maximum atomic E-state index is 12.7. The van der Waals surface area contributed by atoms with Crippen LogP contribution in [0.4, 0.5) is 0 Å². The molecule has 0 spiro atoms. The average molecular weight is 414 g/mol. The lowest BCUT2D eigenvalue weighted by Gasteiger charge is -2.29. The lowest BCUT2D eigenvalue weighted by atomic mass is 9.86. The summed E-state index contributed by atoms with van der Waals surface area (Å²) < 4.78 is 6.60. The highest BCUT2D eigenvalue weighted by molar-refractivity contribution is 6.02. The molecule has 1 aliphatic carbocycles. The third-order valence-corrected chi connectivity index (χ3v) is 5.83. The number of aryl methyl sites for hydroxylation is 1. The maximum Gasteiger partial charge on any atom is 0.359 e.